The SMILES string of the molecule is N=C1CCCN1c1ccc(Br)c(C(F)(F)F)c1. The Kier molecular flexibility index (Phi) is 3.16. The fourth-order valence-corrected chi connectivity index (χ4v) is 2.33. The highest BCUT2D eigenvalue weighted by atomic mass is 79.9. The van der Waals surface area contributed by atoms with Gasteiger partial charge in [0, 0.05) is 23.1 Å². The molecule has 1 aliphatic rings. The standard InChI is InChI=1S/C11H10BrF3N2/c12-9-4-3-7(6-8(9)11(13,14)15)17-5-1-2-10(17)16/h3-4,6,16H,1-2,5H2. The van der Waals surface area contributed by atoms with Crippen molar-refractivity contribution in [3.63, 3.8) is 0 Å². The van der Waals surface area contributed by atoms with Gasteiger partial charge in [0.05, 0.1) is 5.56 Å². The van der Waals surface area contributed by atoms with E-state index < -0.39 is 11.7 Å². The lowest BCUT2D eigenvalue weighted by Crippen LogP contribution is -2.23. The summed E-state index contributed by atoms with van der Waals surface area (Å²) in [5.74, 6) is 0.375. The molecule has 0 atom stereocenters. The quantitative estimate of drug-likeness (QED) is 0.833. The Bertz CT molecular complexity index is 457. The fraction of sp³-hybridized carbons (Fsp3) is 0.364. The van der Waals surface area contributed by atoms with Crippen molar-refractivity contribution < 1.29 is 13.2 Å². The first-order valence-corrected chi connectivity index (χ1v) is 5.90. The molecule has 6 heteroatoms. The molecule has 1 aromatic carbocycles. The Morgan fingerprint density at radius 1 is 1.29 bits per heavy atom. The van der Waals surface area contributed by atoms with Crippen LogP contribution in [-0.4, -0.2) is 12.4 Å². The molecule has 0 radical (unpaired) electrons. The molecule has 1 saturated heterocycles. The first kappa shape index (κ1) is 12.4. The van der Waals surface area contributed by atoms with E-state index in [1.807, 2.05) is 0 Å². The highest BCUT2D eigenvalue weighted by Gasteiger charge is 2.34. The molecule has 1 fully saturated rings. The van der Waals surface area contributed by atoms with E-state index in [-0.39, 0.29) is 4.47 Å². The minimum Gasteiger partial charge on any atom is -0.330 e. The molecule has 0 saturated carbocycles. The summed E-state index contributed by atoms with van der Waals surface area (Å²) in [6.07, 6.45) is -2.94. The van der Waals surface area contributed by atoms with Crippen molar-refractivity contribution in [2.24, 2.45) is 0 Å². The second kappa shape index (κ2) is 4.33. The van der Waals surface area contributed by atoms with E-state index in [4.69, 9.17) is 5.41 Å². The van der Waals surface area contributed by atoms with E-state index in [0.717, 1.165) is 12.5 Å². The summed E-state index contributed by atoms with van der Waals surface area (Å²) in [6, 6.07) is 4.06. The number of anilines is 1. The zero-order valence-electron chi connectivity index (χ0n) is 8.81. The van der Waals surface area contributed by atoms with E-state index in [0.29, 0.717) is 24.5 Å². The zero-order chi connectivity index (χ0) is 12.6. The lowest BCUT2D eigenvalue weighted by molar-refractivity contribution is -0.138. The fourth-order valence-electron chi connectivity index (χ4n) is 1.86. The van der Waals surface area contributed by atoms with E-state index in [2.05, 4.69) is 15.9 Å². The molecular weight excluding hydrogens is 297 g/mol. The van der Waals surface area contributed by atoms with Crippen molar-refractivity contribution in [1.29, 1.82) is 5.41 Å². The van der Waals surface area contributed by atoms with Crippen molar-refractivity contribution in [2.75, 3.05) is 11.4 Å². The molecule has 0 aliphatic carbocycles. The van der Waals surface area contributed by atoms with Gasteiger partial charge in [-0.25, -0.2) is 0 Å². The van der Waals surface area contributed by atoms with Crippen LogP contribution in [0.4, 0.5) is 18.9 Å². The number of amidine groups is 1. The van der Waals surface area contributed by atoms with Crippen LogP contribution >= 0.6 is 15.9 Å². The third kappa shape index (κ3) is 2.46. The van der Waals surface area contributed by atoms with Gasteiger partial charge in [-0.3, -0.25) is 5.41 Å². The predicted molar refractivity (Wildman–Crippen MR) is 63.5 cm³/mol. The number of nitrogens with one attached hydrogen (secondary N) is 1. The van der Waals surface area contributed by atoms with E-state index in [1.54, 1.807) is 11.0 Å². The minimum absolute atomic E-state index is 0.0273. The van der Waals surface area contributed by atoms with E-state index in [9.17, 15) is 13.2 Å². The molecule has 2 nitrogen and oxygen atoms in total. The summed E-state index contributed by atoms with van der Waals surface area (Å²) in [6.45, 7) is 0.609. The molecule has 1 aliphatic heterocycles. The van der Waals surface area contributed by atoms with Gasteiger partial charge in [-0.2, -0.15) is 13.2 Å². The van der Waals surface area contributed by atoms with Crippen molar-refractivity contribution in [1.82, 2.24) is 0 Å². The molecule has 1 aromatic rings. The topological polar surface area (TPSA) is 27.1 Å². The Labute approximate surface area is 105 Å². The first-order chi connectivity index (χ1) is 7.89. The van der Waals surface area contributed by atoms with Crippen LogP contribution in [0.25, 0.3) is 0 Å². The lowest BCUT2D eigenvalue weighted by Gasteiger charge is -2.20. The molecule has 17 heavy (non-hydrogen) atoms. The van der Waals surface area contributed by atoms with Gasteiger partial charge in [-0.1, -0.05) is 15.9 Å². The molecule has 2 rings (SSSR count). The number of benzene rings is 1. The second-order valence-corrected chi connectivity index (χ2v) is 4.72. The molecule has 1 N–H and O–H groups in total. The minimum atomic E-state index is -4.38. The average Bonchev–Trinajstić information content (AvgIpc) is 2.63. The average molecular weight is 307 g/mol. The molecule has 0 unspecified atom stereocenters. The van der Waals surface area contributed by atoms with Crippen LogP contribution in [0.1, 0.15) is 18.4 Å². The predicted octanol–water partition coefficient (Wildman–Crippen LogP) is 4.05. The molecule has 0 aromatic heterocycles. The number of hydrogen-bond acceptors (Lipinski definition) is 1. The molecule has 0 amide bonds. The van der Waals surface area contributed by atoms with Crippen LogP contribution in [0.15, 0.2) is 22.7 Å². The highest BCUT2D eigenvalue weighted by molar-refractivity contribution is 9.10. The summed E-state index contributed by atoms with van der Waals surface area (Å²) >= 11 is 2.90. The highest BCUT2D eigenvalue weighted by Crippen LogP contribution is 2.37. The van der Waals surface area contributed by atoms with Crippen LogP contribution < -0.4 is 4.90 Å². The zero-order valence-corrected chi connectivity index (χ0v) is 10.4. The van der Waals surface area contributed by atoms with Crippen LogP contribution in [0.3, 0.4) is 0 Å². The van der Waals surface area contributed by atoms with Gasteiger partial charge in [0.2, 0.25) is 0 Å². The summed E-state index contributed by atoms with van der Waals surface area (Å²) in [4.78, 5) is 1.61. The van der Waals surface area contributed by atoms with Gasteiger partial charge >= 0.3 is 6.18 Å². The summed E-state index contributed by atoms with van der Waals surface area (Å²) in [5, 5.41) is 7.66. The monoisotopic (exact) mass is 306 g/mol. The van der Waals surface area contributed by atoms with Crippen molar-refractivity contribution in [3.8, 4) is 0 Å². The van der Waals surface area contributed by atoms with Gasteiger partial charge in [0.15, 0.2) is 0 Å². The van der Waals surface area contributed by atoms with Gasteiger partial charge < -0.3 is 4.90 Å². The summed E-state index contributed by atoms with van der Waals surface area (Å²) in [5.41, 5.74) is -0.266. The van der Waals surface area contributed by atoms with E-state index in [1.165, 1.54) is 6.07 Å². The van der Waals surface area contributed by atoms with Crippen molar-refractivity contribution >= 4 is 27.5 Å². The molecule has 0 bridgehead atoms. The molecular formula is C11H10BrF3N2. The van der Waals surface area contributed by atoms with Crippen molar-refractivity contribution in [3.05, 3.63) is 28.2 Å². The lowest BCUT2D eigenvalue weighted by atomic mass is 10.2. The molecule has 0 spiro atoms. The maximum absolute atomic E-state index is 12.7. The molecule has 1 heterocycles. The first-order valence-electron chi connectivity index (χ1n) is 5.11. The van der Waals surface area contributed by atoms with Crippen LogP contribution in [0.5, 0.6) is 0 Å². The van der Waals surface area contributed by atoms with Gasteiger partial charge in [0.25, 0.3) is 0 Å². The number of rotatable bonds is 1. The van der Waals surface area contributed by atoms with Crippen molar-refractivity contribution in [2.45, 2.75) is 19.0 Å². The third-order valence-electron chi connectivity index (χ3n) is 2.69. The normalized spacial score (nSPS) is 16.7. The Morgan fingerprint density at radius 3 is 2.53 bits per heavy atom. The Morgan fingerprint density at radius 2 is 2.00 bits per heavy atom. The summed E-state index contributed by atoms with van der Waals surface area (Å²) < 4.78 is 38.2. The van der Waals surface area contributed by atoms with Crippen LogP contribution in [0.2, 0.25) is 0 Å². The molecule has 92 valence electrons. The van der Waals surface area contributed by atoms with Gasteiger partial charge in [0.1, 0.15) is 5.84 Å². The smallest absolute Gasteiger partial charge is 0.330 e. The van der Waals surface area contributed by atoms with Crippen LogP contribution in [-0.2, 0) is 6.18 Å². The number of alkyl halides is 3. The number of nitrogens with zero attached hydrogens (tertiary/aromatic N) is 1. The summed E-state index contributed by atoms with van der Waals surface area (Å²) in [7, 11) is 0. The van der Waals surface area contributed by atoms with Gasteiger partial charge in [-0.15, -0.1) is 0 Å². The van der Waals surface area contributed by atoms with Gasteiger partial charge in [-0.05, 0) is 24.6 Å². The van der Waals surface area contributed by atoms with Crippen LogP contribution in [0, 0.1) is 5.41 Å². The Balaban J connectivity index is 2.41. The third-order valence-corrected chi connectivity index (χ3v) is 3.38. The Hall–Kier alpha value is -1.04. The van der Waals surface area contributed by atoms with E-state index >= 15 is 0 Å². The second-order valence-electron chi connectivity index (χ2n) is 3.86. The largest absolute Gasteiger partial charge is 0.417 e. The maximum Gasteiger partial charge on any atom is 0.417 e. The number of halogens is 4. The number of hydrogen-bond donors (Lipinski definition) is 1. The maximum atomic E-state index is 12.7.